The SMILES string of the molecule is CC(C)Sc1ccc(CNC(C)(C)C)c(Cl)c1. The molecule has 0 aliphatic heterocycles. The van der Waals surface area contributed by atoms with Crippen molar-refractivity contribution in [1.29, 1.82) is 0 Å². The zero-order chi connectivity index (χ0) is 13.1. The molecule has 1 nitrogen and oxygen atoms in total. The van der Waals surface area contributed by atoms with Gasteiger partial charge in [0.1, 0.15) is 0 Å². The highest BCUT2D eigenvalue weighted by molar-refractivity contribution is 7.99. The first-order chi connectivity index (χ1) is 7.78. The van der Waals surface area contributed by atoms with Crippen molar-refractivity contribution in [3.05, 3.63) is 28.8 Å². The van der Waals surface area contributed by atoms with E-state index in [4.69, 9.17) is 11.6 Å². The third-order valence-corrected chi connectivity index (χ3v) is 3.55. The molecular weight excluding hydrogens is 250 g/mol. The van der Waals surface area contributed by atoms with Gasteiger partial charge in [0.25, 0.3) is 0 Å². The third kappa shape index (κ3) is 5.80. The largest absolute Gasteiger partial charge is 0.308 e. The van der Waals surface area contributed by atoms with Gasteiger partial charge in [-0.15, -0.1) is 11.8 Å². The van der Waals surface area contributed by atoms with Crippen LogP contribution in [0.2, 0.25) is 5.02 Å². The average Bonchev–Trinajstić information content (AvgIpc) is 2.13. The minimum Gasteiger partial charge on any atom is -0.308 e. The summed E-state index contributed by atoms with van der Waals surface area (Å²) in [5.74, 6) is 0. The van der Waals surface area contributed by atoms with Crippen LogP contribution < -0.4 is 5.32 Å². The second-order valence-electron chi connectivity index (χ2n) is 5.52. The van der Waals surface area contributed by atoms with E-state index in [1.54, 1.807) is 0 Å². The minimum atomic E-state index is 0.120. The van der Waals surface area contributed by atoms with Gasteiger partial charge in [-0.25, -0.2) is 0 Å². The van der Waals surface area contributed by atoms with Crippen molar-refractivity contribution in [1.82, 2.24) is 5.32 Å². The minimum absolute atomic E-state index is 0.120. The molecule has 0 aliphatic carbocycles. The van der Waals surface area contributed by atoms with E-state index in [9.17, 15) is 0 Å². The van der Waals surface area contributed by atoms with E-state index in [1.165, 1.54) is 4.90 Å². The normalized spacial score (nSPS) is 12.2. The molecule has 0 bridgehead atoms. The van der Waals surface area contributed by atoms with Gasteiger partial charge in [-0.3, -0.25) is 0 Å². The van der Waals surface area contributed by atoms with E-state index in [-0.39, 0.29) is 5.54 Å². The topological polar surface area (TPSA) is 12.0 Å². The predicted octanol–water partition coefficient (Wildman–Crippen LogP) is 4.73. The Kier molecular flexibility index (Phi) is 5.36. The van der Waals surface area contributed by atoms with Crippen LogP contribution in [0.15, 0.2) is 23.1 Å². The lowest BCUT2D eigenvalue weighted by Crippen LogP contribution is -2.35. The van der Waals surface area contributed by atoms with Crippen LogP contribution in [0.5, 0.6) is 0 Å². The third-order valence-electron chi connectivity index (χ3n) is 2.21. The summed E-state index contributed by atoms with van der Waals surface area (Å²) < 4.78 is 0. The van der Waals surface area contributed by atoms with Gasteiger partial charge in [0, 0.05) is 27.3 Å². The van der Waals surface area contributed by atoms with Crippen LogP contribution in [0.4, 0.5) is 0 Å². The number of halogens is 1. The number of thioether (sulfide) groups is 1. The molecule has 3 heteroatoms. The van der Waals surface area contributed by atoms with E-state index in [1.807, 2.05) is 11.8 Å². The summed E-state index contributed by atoms with van der Waals surface area (Å²) in [6, 6.07) is 6.33. The van der Waals surface area contributed by atoms with Gasteiger partial charge in [-0.05, 0) is 38.5 Å². The molecule has 0 saturated heterocycles. The van der Waals surface area contributed by atoms with Crippen molar-refractivity contribution in [2.75, 3.05) is 0 Å². The van der Waals surface area contributed by atoms with Crippen molar-refractivity contribution in [2.24, 2.45) is 0 Å². The second kappa shape index (κ2) is 6.12. The maximum Gasteiger partial charge on any atom is 0.0462 e. The molecular formula is C14H22ClNS. The van der Waals surface area contributed by atoms with Gasteiger partial charge in [0.2, 0.25) is 0 Å². The first kappa shape index (κ1) is 14.9. The molecule has 1 rings (SSSR count). The van der Waals surface area contributed by atoms with Crippen LogP contribution in [-0.4, -0.2) is 10.8 Å². The molecule has 0 aliphatic rings. The molecule has 17 heavy (non-hydrogen) atoms. The fraction of sp³-hybridized carbons (Fsp3) is 0.571. The van der Waals surface area contributed by atoms with Crippen LogP contribution >= 0.6 is 23.4 Å². The quantitative estimate of drug-likeness (QED) is 0.795. The van der Waals surface area contributed by atoms with Gasteiger partial charge in [-0.1, -0.05) is 31.5 Å². The molecule has 0 saturated carbocycles. The van der Waals surface area contributed by atoms with Crippen molar-refractivity contribution in [2.45, 2.75) is 56.8 Å². The monoisotopic (exact) mass is 271 g/mol. The van der Waals surface area contributed by atoms with Crippen molar-refractivity contribution in [3.8, 4) is 0 Å². The van der Waals surface area contributed by atoms with Crippen molar-refractivity contribution in [3.63, 3.8) is 0 Å². The molecule has 1 aromatic carbocycles. The molecule has 1 N–H and O–H groups in total. The molecule has 1 aromatic rings. The Balaban J connectivity index is 2.69. The Bertz CT molecular complexity index is 369. The maximum absolute atomic E-state index is 6.29. The van der Waals surface area contributed by atoms with Gasteiger partial charge in [-0.2, -0.15) is 0 Å². The number of benzene rings is 1. The Morgan fingerprint density at radius 2 is 1.94 bits per heavy atom. The number of hydrogen-bond acceptors (Lipinski definition) is 2. The number of hydrogen-bond donors (Lipinski definition) is 1. The summed E-state index contributed by atoms with van der Waals surface area (Å²) in [6.45, 7) is 11.7. The number of rotatable bonds is 4. The lowest BCUT2D eigenvalue weighted by molar-refractivity contribution is 0.424. The van der Waals surface area contributed by atoms with Crippen LogP contribution in [-0.2, 0) is 6.54 Å². The standard InChI is InChI=1S/C14H22ClNS/c1-10(2)17-12-7-6-11(13(15)8-12)9-16-14(3,4)5/h6-8,10,16H,9H2,1-5H3. The Morgan fingerprint density at radius 3 is 2.41 bits per heavy atom. The van der Waals surface area contributed by atoms with Gasteiger partial charge < -0.3 is 5.32 Å². The fourth-order valence-electron chi connectivity index (χ4n) is 1.38. The first-order valence-corrected chi connectivity index (χ1v) is 7.24. The van der Waals surface area contributed by atoms with Gasteiger partial charge in [0.05, 0.1) is 0 Å². The highest BCUT2D eigenvalue weighted by atomic mass is 35.5. The molecule has 0 radical (unpaired) electrons. The smallest absolute Gasteiger partial charge is 0.0462 e. The van der Waals surface area contributed by atoms with E-state index < -0.39 is 0 Å². The molecule has 0 unspecified atom stereocenters. The summed E-state index contributed by atoms with van der Waals surface area (Å²) in [5.41, 5.74) is 1.28. The molecule has 0 heterocycles. The average molecular weight is 272 g/mol. The lowest BCUT2D eigenvalue weighted by atomic mass is 10.1. The van der Waals surface area contributed by atoms with E-state index >= 15 is 0 Å². The van der Waals surface area contributed by atoms with Gasteiger partial charge >= 0.3 is 0 Å². The van der Waals surface area contributed by atoms with Crippen LogP contribution in [0.1, 0.15) is 40.2 Å². The summed E-state index contributed by atoms with van der Waals surface area (Å²) in [4.78, 5) is 1.24. The summed E-state index contributed by atoms with van der Waals surface area (Å²) in [6.07, 6.45) is 0. The Morgan fingerprint density at radius 1 is 1.29 bits per heavy atom. The molecule has 0 amide bonds. The van der Waals surface area contributed by atoms with Crippen LogP contribution in [0.25, 0.3) is 0 Å². The zero-order valence-corrected chi connectivity index (χ0v) is 12.9. The molecule has 96 valence electrons. The zero-order valence-electron chi connectivity index (χ0n) is 11.3. The molecule has 0 atom stereocenters. The van der Waals surface area contributed by atoms with Crippen LogP contribution in [0.3, 0.4) is 0 Å². The van der Waals surface area contributed by atoms with Crippen molar-refractivity contribution >= 4 is 23.4 Å². The summed E-state index contributed by atoms with van der Waals surface area (Å²) >= 11 is 8.13. The van der Waals surface area contributed by atoms with E-state index in [0.29, 0.717) is 5.25 Å². The summed E-state index contributed by atoms with van der Waals surface area (Å²) in [5, 5.41) is 4.89. The van der Waals surface area contributed by atoms with Gasteiger partial charge in [0.15, 0.2) is 0 Å². The fourth-order valence-corrected chi connectivity index (χ4v) is 2.57. The molecule has 0 fully saturated rings. The first-order valence-electron chi connectivity index (χ1n) is 5.98. The molecule has 0 aromatic heterocycles. The Labute approximate surface area is 114 Å². The maximum atomic E-state index is 6.29. The number of nitrogens with one attached hydrogen (secondary N) is 1. The van der Waals surface area contributed by atoms with Crippen LogP contribution in [0, 0.1) is 0 Å². The highest BCUT2D eigenvalue weighted by Crippen LogP contribution is 2.27. The summed E-state index contributed by atoms with van der Waals surface area (Å²) in [7, 11) is 0. The highest BCUT2D eigenvalue weighted by Gasteiger charge is 2.10. The predicted molar refractivity (Wildman–Crippen MR) is 79.0 cm³/mol. The lowest BCUT2D eigenvalue weighted by Gasteiger charge is -2.21. The molecule has 0 spiro atoms. The van der Waals surface area contributed by atoms with E-state index in [0.717, 1.165) is 17.1 Å². The Hall–Kier alpha value is -0.180. The van der Waals surface area contributed by atoms with Crippen molar-refractivity contribution < 1.29 is 0 Å². The van der Waals surface area contributed by atoms with E-state index in [2.05, 4.69) is 58.1 Å². The second-order valence-corrected chi connectivity index (χ2v) is 7.58.